The maximum Gasteiger partial charge on any atom is 0.334 e. The molecular formula is C35H64O9. The minimum Gasteiger partial charge on any atom is -0.455 e. The lowest BCUT2D eigenvalue weighted by Gasteiger charge is -2.23. The summed E-state index contributed by atoms with van der Waals surface area (Å²) in [5.74, 6) is -0.410. The summed E-state index contributed by atoms with van der Waals surface area (Å²) in [6, 6.07) is 0. The highest BCUT2D eigenvalue weighted by Crippen LogP contribution is 2.28. The molecule has 0 aromatic rings. The zero-order valence-electron chi connectivity index (χ0n) is 27.5. The van der Waals surface area contributed by atoms with Gasteiger partial charge in [0, 0.05) is 12.0 Å². The standard InChI is InChI=1S/C35H64O9/c1-3-4-5-6-7-8-9-10-11-12-15-29(37)32(40)20-21-33(41)34-22-18-28(44-34)14-13-16-30(38)31(39)19-17-27(36)24-26-23-25(2)43-35(26)42/h23,25,27-34,36-41H,3-22,24H2,1-2H3/t25-,27+,28-,29?,30?,31?,32?,33-,34+/m0/s1. The Labute approximate surface area is 266 Å². The summed E-state index contributed by atoms with van der Waals surface area (Å²) in [5.41, 5.74) is 0.452. The van der Waals surface area contributed by atoms with E-state index >= 15 is 0 Å². The summed E-state index contributed by atoms with van der Waals surface area (Å²) in [4.78, 5) is 11.7. The lowest BCUT2D eigenvalue weighted by atomic mass is 9.97. The number of aliphatic hydroxyl groups is 6. The van der Waals surface area contributed by atoms with Gasteiger partial charge in [-0.05, 0) is 77.2 Å². The number of aliphatic hydroxyl groups excluding tert-OH is 6. The van der Waals surface area contributed by atoms with E-state index in [1.165, 1.54) is 51.4 Å². The van der Waals surface area contributed by atoms with Gasteiger partial charge in [-0.3, -0.25) is 0 Å². The number of carbonyl (C=O) groups is 1. The van der Waals surface area contributed by atoms with Gasteiger partial charge >= 0.3 is 5.97 Å². The van der Waals surface area contributed by atoms with Crippen LogP contribution in [0.1, 0.15) is 149 Å². The summed E-state index contributed by atoms with van der Waals surface area (Å²) in [7, 11) is 0. The molecule has 44 heavy (non-hydrogen) atoms. The van der Waals surface area contributed by atoms with E-state index < -0.39 is 42.6 Å². The number of unbranched alkanes of at least 4 members (excludes halogenated alkanes) is 9. The Balaban J connectivity index is 1.50. The Morgan fingerprint density at radius 2 is 1.25 bits per heavy atom. The van der Waals surface area contributed by atoms with Crippen LogP contribution in [0.15, 0.2) is 11.6 Å². The van der Waals surface area contributed by atoms with Crippen molar-refractivity contribution in [2.45, 2.75) is 204 Å². The summed E-state index contributed by atoms with van der Waals surface area (Å²) in [6.07, 6.45) is 13.8. The van der Waals surface area contributed by atoms with Crippen LogP contribution in [0, 0.1) is 0 Å². The summed E-state index contributed by atoms with van der Waals surface area (Å²) in [6.45, 7) is 3.99. The van der Waals surface area contributed by atoms with Gasteiger partial charge < -0.3 is 40.1 Å². The minimum absolute atomic E-state index is 0.0190. The van der Waals surface area contributed by atoms with Crippen molar-refractivity contribution in [1.82, 2.24) is 0 Å². The zero-order chi connectivity index (χ0) is 32.3. The second kappa shape index (κ2) is 22.5. The van der Waals surface area contributed by atoms with Gasteiger partial charge in [0.15, 0.2) is 0 Å². The largest absolute Gasteiger partial charge is 0.455 e. The van der Waals surface area contributed by atoms with Crippen molar-refractivity contribution < 1.29 is 44.9 Å². The molecule has 0 amide bonds. The molecule has 258 valence electrons. The zero-order valence-corrected chi connectivity index (χ0v) is 27.5. The number of hydrogen-bond acceptors (Lipinski definition) is 9. The van der Waals surface area contributed by atoms with E-state index in [1.54, 1.807) is 13.0 Å². The first-order chi connectivity index (χ1) is 21.1. The van der Waals surface area contributed by atoms with Crippen LogP contribution in [0.5, 0.6) is 0 Å². The first-order valence-electron chi connectivity index (χ1n) is 17.8. The van der Waals surface area contributed by atoms with Crippen LogP contribution in [0.3, 0.4) is 0 Å². The molecule has 6 N–H and O–H groups in total. The molecule has 2 heterocycles. The van der Waals surface area contributed by atoms with Crippen LogP contribution in [0.2, 0.25) is 0 Å². The van der Waals surface area contributed by atoms with Crippen molar-refractivity contribution in [1.29, 1.82) is 0 Å². The Hall–Kier alpha value is -1.07. The fourth-order valence-electron chi connectivity index (χ4n) is 6.42. The average Bonchev–Trinajstić information content (AvgIpc) is 3.60. The first-order valence-corrected chi connectivity index (χ1v) is 17.8. The van der Waals surface area contributed by atoms with E-state index in [0.717, 1.165) is 25.7 Å². The van der Waals surface area contributed by atoms with Gasteiger partial charge in [-0.25, -0.2) is 4.79 Å². The summed E-state index contributed by atoms with van der Waals surface area (Å²) < 4.78 is 11.1. The van der Waals surface area contributed by atoms with Crippen LogP contribution in [-0.4, -0.2) is 91.5 Å². The van der Waals surface area contributed by atoms with E-state index in [0.29, 0.717) is 44.1 Å². The van der Waals surface area contributed by atoms with Gasteiger partial charge in [-0.2, -0.15) is 0 Å². The van der Waals surface area contributed by atoms with E-state index in [-0.39, 0.29) is 37.6 Å². The Kier molecular flexibility index (Phi) is 20.0. The van der Waals surface area contributed by atoms with Crippen molar-refractivity contribution in [2.75, 3.05) is 0 Å². The predicted octanol–water partition coefficient (Wildman–Crippen LogP) is 5.00. The molecule has 9 atom stereocenters. The molecule has 0 aromatic carbocycles. The molecule has 0 saturated carbocycles. The van der Waals surface area contributed by atoms with Crippen molar-refractivity contribution >= 4 is 5.97 Å². The third-order valence-electron chi connectivity index (χ3n) is 9.34. The highest BCUT2D eigenvalue weighted by molar-refractivity contribution is 5.90. The van der Waals surface area contributed by atoms with Crippen LogP contribution >= 0.6 is 0 Å². The molecule has 0 radical (unpaired) electrons. The highest BCUT2D eigenvalue weighted by atomic mass is 16.5. The second-order valence-corrected chi connectivity index (χ2v) is 13.4. The van der Waals surface area contributed by atoms with E-state index in [2.05, 4.69) is 6.92 Å². The Morgan fingerprint density at radius 3 is 1.84 bits per heavy atom. The van der Waals surface area contributed by atoms with Gasteiger partial charge in [0.2, 0.25) is 0 Å². The average molecular weight is 629 g/mol. The van der Waals surface area contributed by atoms with Crippen molar-refractivity contribution in [3.05, 3.63) is 11.6 Å². The van der Waals surface area contributed by atoms with Crippen molar-refractivity contribution in [3.8, 4) is 0 Å². The minimum atomic E-state index is -0.959. The molecule has 1 saturated heterocycles. The van der Waals surface area contributed by atoms with E-state index in [9.17, 15) is 35.4 Å². The number of esters is 1. The van der Waals surface area contributed by atoms with Crippen molar-refractivity contribution in [2.24, 2.45) is 0 Å². The first kappa shape index (κ1) is 39.1. The lowest BCUT2D eigenvalue weighted by Crippen LogP contribution is -2.31. The molecule has 0 spiro atoms. The number of hydrogen-bond donors (Lipinski definition) is 6. The molecule has 2 aliphatic heterocycles. The third-order valence-corrected chi connectivity index (χ3v) is 9.34. The number of carbonyl (C=O) groups excluding carboxylic acids is 1. The van der Waals surface area contributed by atoms with Gasteiger partial charge in [-0.1, -0.05) is 71.1 Å². The summed E-state index contributed by atoms with van der Waals surface area (Å²) in [5, 5.41) is 62.3. The summed E-state index contributed by atoms with van der Waals surface area (Å²) >= 11 is 0. The van der Waals surface area contributed by atoms with Gasteiger partial charge in [0.1, 0.15) is 6.10 Å². The Morgan fingerprint density at radius 1 is 0.705 bits per heavy atom. The molecule has 2 rings (SSSR count). The molecule has 9 nitrogen and oxygen atoms in total. The van der Waals surface area contributed by atoms with Crippen molar-refractivity contribution in [3.63, 3.8) is 0 Å². The molecule has 0 bridgehead atoms. The fraction of sp³-hybridized carbons (Fsp3) is 0.914. The maximum atomic E-state index is 11.7. The molecule has 4 unspecified atom stereocenters. The van der Waals surface area contributed by atoms with E-state index in [4.69, 9.17) is 9.47 Å². The van der Waals surface area contributed by atoms with Gasteiger partial charge in [0.05, 0.1) is 48.8 Å². The number of rotatable bonds is 26. The van der Waals surface area contributed by atoms with Crippen LogP contribution in [-0.2, 0) is 14.3 Å². The predicted molar refractivity (Wildman–Crippen MR) is 171 cm³/mol. The topological polar surface area (TPSA) is 157 Å². The maximum absolute atomic E-state index is 11.7. The quantitative estimate of drug-likeness (QED) is 0.0573. The van der Waals surface area contributed by atoms with E-state index in [1.807, 2.05) is 0 Å². The Bertz CT molecular complexity index is 790. The molecule has 0 aliphatic carbocycles. The van der Waals surface area contributed by atoms with Gasteiger partial charge in [0.25, 0.3) is 0 Å². The monoisotopic (exact) mass is 628 g/mol. The number of ether oxygens (including phenoxy) is 2. The van der Waals surface area contributed by atoms with Gasteiger partial charge in [-0.15, -0.1) is 0 Å². The molecule has 9 heteroatoms. The van der Waals surface area contributed by atoms with Crippen LogP contribution in [0.25, 0.3) is 0 Å². The smallest absolute Gasteiger partial charge is 0.334 e. The fourth-order valence-corrected chi connectivity index (χ4v) is 6.42. The normalized spacial score (nSPS) is 24.5. The number of cyclic esters (lactones) is 1. The molecule has 0 aromatic heterocycles. The molecule has 2 aliphatic rings. The molecule has 1 fully saturated rings. The highest BCUT2D eigenvalue weighted by Gasteiger charge is 2.31. The lowest BCUT2D eigenvalue weighted by molar-refractivity contribution is -0.139. The van der Waals surface area contributed by atoms with Crippen LogP contribution in [0.4, 0.5) is 0 Å². The second-order valence-electron chi connectivity index (χ2n) is 13.4. The third kappa shape index (κ3) is 16.0. The molecular weight excluding hydrogens is 564 g/mol. The SMILES string of the molecule is CCCCCCCCCCCCC(O)C(O)CC[C@H](O)[C@H]1CC[C@H](CCCC(O)C(O)CC[C@@H](O)CC2=C[C@H](C)OC2=O)O1. The van der Waals surface area contributed by atoms with Crippen LogP contribution < -0.4 is 0 Å².